The molecule has 1 heterocycles. The number of hydrogen-bond donors (Lipinski definition) is 2. The molecule has 1 aromatic carbocycles. The zero-order chi connectivity index (χ0) is 14.4. The number of aliphatic hydroxyl groups excluding tert-OH is 1. The molecule has 2 rings (SSSR count). The molecule has 0 bridgehead atoms. The minimum absolute atomic E-state index is 0.229. The molecule has 5 heteroatoms. The van der Waals surface area contributed by atoms with E-state index in [0.717, 1.165) is 30.8 Å². The Bertz CT molecular complexity index is 411. The molecule has 1 aromatic rings. The Hall–Kier alpha value is -0.460. The summed E-state index contributed by atoms with van der Waals surface area (Å²) in [6.07, 6.45) is -0.345. The third kappa shape index (κ3) is 5.14. The van der Waals surface area contributed by atoms with Crippen molar-refractivity contribution in [3.8, 4) is 0 Å². The molecular weight excluding hydrogens is 320 g/mol. The van der Waals surface area contributed by atoms with E-state index in [2.05, 4.69) is 45.2 Å². The Balaban J connectivity index is 1.73. The number of β-amino-alcohol motifs (C(OH)–C–C–N with tert-alkyl or cyclic N) is 1. The number of nitrogens with one attached hydrogen (secondary N) is 1. The van der Waals surface area contributed by atoms with Crippen LogP contribution in [0.25, 0.3) is 0 Å². The van der Waals surface area contributed by atoms with Gasteiger partial charge in [-0.05, 0) is 24.6 Å². The highest BCUT2D eigenvalue weighted by molar-refractivity contribution is 9.10. The summed E-state index contributed by atoms with van der Waals surface area (Å²) in [6.45, 7) is 6.80. The van der Waals surface area contributed by atoms with Gasteiger partial charge in [0.05, 0.1) is 19.3 Å². The van der Waals surface area contributed by atoms with Crippen LogP contribution in [-0.4, -0.2) is 55.5 Å². The predicted molar refractivity (Wildman–Crippen MR) is 83.8 cm³/mol. The maximum atomic E-state index is 10.1. The smallest absolute Gasteiger partial charge is 0.0791 e. The molecule has 0 saturated carbocycles. The van der Waals surface area contributed by atoms with E-state index in [1.807, 2.05) is 12.1 Å². The number of ether oxygens (including phenoxy) is 1. The van der Waals surface area contributed by atoms with Crippen LogP contribution in [0, 0.1) is 0 Å². The van der Waals surface area contributed by atoms with Crippen molar-refractivity contribution in [1.82, 2.24) is 10.2 Å². The molecule has 20 heavy (non-hydrogen) atoms. The average Bonchev–Trinajstić information content (AvgIpc) is 2.46. The number of rotatable bonds is 6. The van der Waals surface area contributed by atoms with Gasteiger partial charge < -0.3 is 15.2 Å². The first-order valence-corrected chi connectivity index (χ1v) is 7.91. The Morgan fingerprint density at radius 2 is 2.15 bits per heavy atom. The molecule has 0 amide bonds. The topological polar surface area (TPSA) is 44.7 Å². The molecular formula is C15H23BrN2O2. The second kappa shape index (κ2) is 8.10. The van der Waals surface area contributed by atoms with E-state index in [0.29, 0.717) is 13.1 Å². The fourth-order valence-electron chi connectivity index (χ4n) is 2.35. The van der Waals surface area contributed by atoms with Crippen molar-refractivity contribution < 1.29 is 9.84 Å². The van der Waals surface area contributed by atoms with E-state index >= 15 is 0 Å². The van der Waals surface area contributed by atoms with Crippen molar-refractivity contribution in [2.24, 2.45) is 0 Å². The SMILES string of the molecule is C[C@@H](NCC(O)CN1CCOCC1)c1cccc(Br)c1. The number of aliphatic hydroxyl groups is 1. The van der Waals surface area contributed by atoms with Crippen LogP contribution in [0.2, 0.25) is 0 Å². The van der Waals surface area contributed by atoms with Crippen molar-refractivity contribution >= 4 is 15.9 Å². The van der Waals surface area contributed by atoms with Crippen LogP contribution < -0.4 is 5.32 Å². The monoisotopic (exact) mass is 342 g/mol. The lowest BCUT2D eigenvalue weighted by atomic mass is 10.1. The second-order valence-corrected chi connectivity index (χ2v) is 6.17. The molecule has 112 valence electrons. The van der Waals surface area contributed by atoms with E-state index < -0.39 is 0 Å². The third-order valence-corrected chi connectivity index (χ3v) is 4.07. The van der Waals surface area contributed by atoms with Crippen LogP contribution in [-0.2, 0) is 4.74 Å². The summed E-state index contributed by atoms with van der Waals surface area (Å²) in [5.41, 5.74) is 1.22. The Kier molecular flexibility index (Phi) is 6.45. The van der Waals surface area contributed by atoms with E-state index in [4.69, 9.17) is 4.74 Å². The van der Waals surface area contributed by atoms with Gasteiger partial charge >= 0.3 is 0 Å². The molecule has 2 atom stereocenters. The van der Waals surface area contributed by atoms with Gasteiger partial charge in [-0.2, -0.15) is 0 Å². The standard InChI is InChI=1S/C15H23BrN2O2/c1-12(13-3-2-4-14(16)9-13)17-10-15(19)11-18-5-7-20-8-6-18/h2-4,9,12,15,17,19H,5-8,10-11H2,1H3/t12-,15?/m1/s1. The number of halogens is 1. The van der Waals surface area contributed by atoms with Crippen LogP contribution in [0.1, 0.15) is 18.5 Å². The van der Waals surface area contributed by atoms with E-state index in [1.165, 1.54) is 5.56 Å². The van der Waals surface area contributed by atoms with E-state index in [-0.39, 0.29) is 12.1 Å². The molecule has 0 aliphatic carbocycles. The highest BCUT2D eigenvalue weighted by atomic mass is 79.9. The summed E-state index contributed by atoms with van der Waals surface area (Å²) in [7, 11) is 0. The zero-order valence-electron chi connectivity index (χ0n) is 11.9. The molecule has 1 aliphatic heterocycles. The van der Waals surface area contributed by atoms with Crippen molar-refractivity contribution in [3.05, 3.63) is 34.3 Å². The van der Waals surface area contributed by atoms with Gasteiger partial charge in [0.1, 0.15) is 0 Å². The highest BCUT2D eigenvalue weighted by Gasteiger charge is 2.15. The lowest BCUT2D eigenvalue weighted by molar-refractivity contribution is 0.0145. The van der Waals surface area contributed by atoms with Crippen molar-refractivity contribution in [2.75, 3.05) is 39.4 Å². The lowest BCUT2D eigenvalue weighted by Gasteiger charge is -2.29. The van der Waals surface area contributed by atoms with Crippen LogP contribution in [0.5, 0.6) is 0 Å². The number of benzene rings is 1. The Morgan fingerprint density at radius 1 is 1.40 bits per heavy atom. The number of hydrogen-bond acceptors (Lipinski definition) is 4. The van der Waals surface area contributed by atoms with E-state index in [9.17, 15) is 5.11 Å². The molecule has 1 unspecified atom stereocenters. The van der Waals surface area contributed by atoms with Crippen molar-refractivity contribution in [2.45, 2.75) is 19.1 Å². The predicted octanol–water partition coefficient (Wildman–Crippen LogP) is 1.79. The summed E-state index contributed by atoms with van der Waals surface area (Å²) in [4.78, 5) is 2.25. The minimum atomic E-state index is -0.345. The maximum absolute atomic E-state index is 10.1. The molecule has 2 N–H and O–H groups in total. The normalized spacial score (nSPS) is 19.8. The van der Waals surface area contributed by atoms with Crippen LogP contribution >= 0.6 is 15.9 Å². The van der Waals surface area contributed by atoms with Gasteiger partial charge in [-0.1, -0.05) is 28.1 Å². The van der Waals surface area contributed by atoms with Crippen molar-refractivity contribution in [1.29, 1.82) is 0 Å². The first kappa shape index (κ1) is 15.9. The Labute approximate surface area is 129 Å². The zero-order valence-corrected chi connectivity index (χ0v) is 13.5. The molecule has 1 fully saturated rings. The van der Waals surface area contributed by atoms with Gasteiger partial charge in [0.15, 0.2) is 0 Å². The van der Waals surface area contributed by atoms with E-state index in [1.54, 1.807) is 0 Å². The van der Waals surface area contributed by atoms with Gasteiger partial charge in [-0.15, -0.1) is 0 Å². The summed E-state index contributed by atoms with van der Waals surface area (Å²) in [6, 6.07) is 8.47. The highest BCUT2D eigenvalue weighted by Crippen LogP contribution is 2.17. The average molecular weight is 343 g/mol. The molecule has 0 aromatic heterocycles. The van der Waals surface area contributed by atoms with Gasteiger partial charge in [0, 0.05) is 36.7 Å². The molecule has 0 spiro atoms. The van der Waals surface area contributed by atoms with Gasteiger partial charge in [0.2, 0.25) is 0 Å². The molecule has 4 nitrogen and oxygen atoms in total. The summed E-state index contributed by atoms with van der Waals surface area (Å²) >= 11 is 3.48. The molecule has 0 radical (unpaired) electrons. The fraction of sp³-hybridized carbons (Fsp3) is 0.600. The van der Waals surface area contributed by atoms with Gasteiger partial charge in [-0.25, -0.2) is 0 Å². The Morgan fingerprint density at radius 3 is 2.85 bits per heavy atom. The molecule has 1 aliphatic rings. The van der Waals surface area contributed by atoms with Gasteiger partial charge in [0.25, 0.3) is 0 Å². The fourth-order valence-corrected chi connectivity index (χ4v) is 2.77. The van der Waals surface area contributed by atoms with Crippen LogP contribution in [0.4, 0.5) is 0 Å². The van der Waals surface area contributed by atoms with Crippen LogP contribution in [0.15, 0.2) is 28.7 Å². The summed E-state index contributed by atoms with van der Waals surface area (Å²) in [5, 5.41) is 13.5. The number of nitrogens with zero attached hydrogens (tertiary/aromatic N) is 1. The largest absolute Gasteiger partial charge is 0.390 e. The second-order valence-electron chi connectivity index (χ2n) is 5.25. The first-order valence-electron chi connectivity index (χ1n) is 7.12. The first-order chi connectivity index (χ1) is 9.65. The quantitative estimate of drug-likeness (QED) is 0.827. The summed E-state index contributed by atoms with van der Waals surface area (Å²) < 4.78 is 6.39. The van der Waals surface area contributed by atoms with Crippen molar-refractivity contribution in [3.63, 3.8) is 0 Å². The number of morpholine rings is 1. The molecule has 1 saturated heterocycles. The minimum Gasteiger partial charge on any atom is -0.390 e. The lowest BCUT2D eigenvalue weighted by Crippen LogP contribution is -2.44. The maximum Gasteiger partial charge on any atom is 0.0791 e. The summed E-state index contributed by atoms with van der Waals surface area (Å²) in [5.74, 6) is 0. The van der Waals surface area contributed by atoms with Crippen LogP contribution in [0.3, 0.4) is 0 Å². The van der Waals surface area contributed by atoms with Gasteiger partial charge in [-0.3, -0.25) is 4.90 Å². The third-order valence-electron chi connectivity index (χ3n) is 3.58.